The average Bonchev–Trinajstić information content (AvgIpc) is 2.53. The van der Waals surface area contributed by atoms with Crippen LogP contribution in [0.5, 0.6) is 0 Å². The Morgan fingerprint density at radius 2 is 1.65 bits per heavy atom. The highest BCUT2D eigenvalue weighted by molar-refractivity contribution is 7.47. The summed E-state index contributed by atoms with van der Waals surface area (Å²) < 4.78 is 25.1. The molecule has 0 rings (SSSR count). The monoisotopic (exact) mass is 358 g/mol. The normalized spacial score (nSPS) is 16.6. The minimum absolute atomic E-state index is 0.258. The van der Waals surface area contributed by atoms with Gasteiger partial charge in [-0.2, -0.15) is 0 Å². The molecule has 0 aliphatic carbocycles. The molecule has 0 aromatic rings. The van der Waals surface area contributed by atoms with E-state index in [-0.39, 0.29) is 13.0 Å². The molecule has 0 fully saturated rings. The molecule has 0 heterocycles. The van der Waals surface area contributed by atoms with Gasteiger partial charge in [-0.25, -0.2) is 4.57 Å². The van der Waals surface area contributed by atoms with Gasteiger partial charge in [0.05, 0.1) is 19.8 Å². The zero-order chi connectivity index (χ0) is 17.7. The van der Waals surface area contributed by atoms with E-state index in [4.69, 9.17) is 14.9 Å². The second-order valence-corrected chi connectivity index (χ2v) is 6.50. The van der Waals surface area contributed by atoms with Crippen molar-refractivity contribution in [2.24, 2.45) is 0 Å². The molecule has 0 aromatic heterocycles. The van der Waals surface area contributed by atoms with Crippen LogP contribution in [-0.2, 0) is 23.1 Å². The van der Waals surface area contributed by atoms with E-state index in [1.807, 2.05) is 0 Å². The predicted octanol–water partition coefficient (Wildman–Crippen LogP) is 0.348. The molecule has 3 atom stereocenters. The van der Waals surface area contributed by atoms with Crippen LogP contribution < -0.4 is 0 Å². The number of rotatable bonds is 14. The van der Waals surface area contributed by atoms with Gasteiger partial charge in [0.1, 0.15) is 18.8 Å². The molecule has 10 heteroatoms. The van der Waals surface area contributed by atoms with Gasteiger partial charge in [0.25, 0.3) is 0 Å². The number of carbonyl (C=O) groups is 1. The number of phosphoric acid groups is 1. The van der Waals surface area contributed by atoms with Gasteiger partial charge < -0.3 is 24.9 Å². The first-order valence-electron chi connectivity index (χ1n) is 7.55. The fourth-order valence-electron chi connectivity index (χ4n) is 1.46. The van der Waals surface area contributed by atoms with Crippen LogP contribution in [0.4, 0.5) is 0 Å². The van der Waals surface area contributed by atoms with Crippen LogP contribution in [0.1, 0.15) is 39.0 Å². The number of esters is 1. The Bertz CT molecular complexity index is 363. The molecule has 0 saturated carbocycles. The van der Waals surface area contributed by atoms with E-state index >= 15 is 0 Å². The van der Waals surface area contributed by atoms with Crippen molar-refractivity contribution < 1.29 is 43.4 Å². The number of phosphoric ester groups is 1. The van der Waals surface area contributed by atoms with Crippen LogP contribution in [0.25, 0.3) is 0 Å². The second-order valence-electron chi connectivity index (χ2n) is 5.04. The number of carbonyl (C=O) groups excluding carboxylic acids is 1. The van der Waals surface area contributed by atoms with Crippen molar-refractivity contribution in [2.45, 2.75) is 51.2 Å². The van der Waals surface area contributed by atoms with E-state index in [2.05, 4.69) is 16.0 Å². The second kappa shape index (κ2) is 12.8. The molecule has 138 valence electrons. The molecule has 3 unspecified atom stereocenters. The maximum absolute atomic E-state index is 11.4. The van der Waals surface area contributed by atoms with E-state index < -0.39 is 45.8 Å². The third kappa shape index (κ3) is 13.6. The summed E-state index contributed by atoms with van der Waals surface area (Å²) in [6, 6.07) is 0. The van der Waals surface area contributed by atoms with Crippen LogP contribution in [0, 0.1) is 0 Å². The fraction of sp³-hybridized carbons (Fsp3) is 0.923. The maximum Gasteiger partial charge on any atom is 0.472 e. The van der Waals surface area contributed by atoms with Crippen molar-refractivity contribution in [1.82, 2.24) is 0 Å². The molecule has 0 spiro atoms. The molecule has 0 radical (unpaired) electrons. The zero-order valence-corrected chi connectivity index (χ0v) is 14.2. The summed E-state index contributed by atoms with van der Waals surface area (Å²) in [6.07, 6.45) is 1.42. The van der Waals surface area contributed by atoms with Gasteiger partial charge in [0.15, 0.2) is 0 Å². The first kappa shape index (κ1) is 22.5. The topological polar surface area (TPSA) is 143 Å². The van der Waals surface area contributed by atoms with Gasteiger partial charge >= 0.3 is 13.8 Å². The smallest absolute Gasteiger partial charge is 0.463 e. The lowest BCUT2D eigenvalue weighted by atomic mass is 10.2. The zero-order valence-electron chi connectivity index (χ0n) is 13.3. The quantitative estimate of drug-likeness (QED) is 0.196. The van der Waals surface area contributed by atoms with Gasteiger partial charge in [0, 0.05) is 6.42 Å². The van der Waals surface area contributed by atoms with Crippen LogP contribution in [0.15, 0.2) is 0 Å². The molecule has 4 N–H and O–H groups in total. The summed E-state index contributed by atoms with van der Waals surface area (Å²) in [7, 11) is -4.46. The Kier molecular flexibility index (Phi) is 12.5. The van der Waals surface area contributed by atoms with Gasteiger partial charge in [-0.3, -0.25) is 13.8 Å². The predicted molar refractivity (Wildman–Crippen MR) is 80.5 cm³/mol. The number of hydrogen-bond donors (Lipinski definition) is 4. The molecule has 0 amide bonds. The van der Waals surface area contributed by atoms with Crippen molar-refractivity contribution in [1.29, 1.82) is 0 Å². The Balaban J connectivity index is 3.82. The minimum Gasteiger partial charge on any atom is -0.463 e. The first-order chi connectivity index (χ1) is 10.8. The molecular formula is C13H27O9P. The van der Waals surface area contributed by atoms with Crippen molar-refractivity contribution in [2.75, 3.05) is 26.4 Å². The molecular weight excluding hydrogens is 331 g/mol. The van der Waals surface area contributed by atoms with E-state index in [1.54, 1.807) is 0 Å². The molecule has 0 saturated heterocycles. The summed E-state index contributed by atoms with van der Waals surface area (Å²) in [4.78, 5) is 20.6. The summed E-state index contributed by atoms with van der Waals surface area (Å²) >= 11 is 0. The lowest BCUT2D eigenvalue weighted by molar-refractivity contribution is -0.147. The number of hydrogen-bond acceptors (Lipinski definition) is 8. The Hall–Kier alpha value is -0.540. The third-order valence-electron chi connectivity index (χ3n) is 2.74. The highest BCUT2D eigenvalue weighted by Gasteiger charge is 2.24. The Morgan fingerprint density at radius 1 is 1.04 bits per heavy atom. The molecule has 0 aliphatic rings. The number of aliphatic hydroxyl groups excluding tert-OH is 3. The maximum atomic E-state index is 11.4. The summed E-state index contributed by atoms with van der Waals surface area (Å²) in [6.45, 7) is -0.0926. The van der Waals surface area contributed by atoms with Crippen molar-refractivity contribution in [3.8, 4) is 0 Å². The van der Waals surface area contributed by atoms with Crippen LogP contribution in [-0.4, -0.2) is 64.8 Å². The van der Waals surface area contributed by atoms with Crippen LogP contribution >= 0.6 is 7.82 Å². The standard InChI is InChI=1S/C13H27O9P/c1-2-3-4-5-6-13(17)20-8-12(16)10-22-23(18,19)21-9-11(15)7-14/h11-12,14-16H,2-10H2,1H3,(H,18,19). The van der Waals surface area contributed by atoms with E-state index in [1.165, 1.54) is 0 Å². The molecule has 0 aliphatic heterocycles. The lowest BCUT2D eigenvalue weighted by Crippen LogP contribution is -2.24. The summed E-state index contributed by atoms with van der Waals surface area (Å²) in [5, 5.41) is 27.0. The highest BCUT2D eigenvalue weighted by Crippen LogP contribution is 2.43. The van der Waals surface area contributed by atoms with Gasteiger partial charge in [-0.15, -0.1) is 0 Å². The number of aliphatic hydroxyl groups is 3. The molecule has 9 nitrogen and oxygen atoms in total. The van der Waals surface area contributed by atoms with Crippen molar-refractivity contribution in [3.63, 3.8) is 0 Å². The minimum atomic E-state index is -4.46. The van der Waals surface area contributed by atoms with Gasteiger partial charge in [-0.1, -0.05) is 26.2 Å². The Labute approximate surface area is 135 Å². The molecule has 23 heavy (non-hydrogen) atoms. The van der Waals surface area contributed by atoms with Crippen molar-refractivity contribution >= 4 is 13.8 Å². The molecule has 0 bridgehead atoms. The van der Waals surface area contributed by atoms with Gasteiger partial charge in [0.2, 0.25) is 0 Å². The van der Waals surface area contributed by atoms with E-state index in [9.17, 15) is 19.4 Å². The van der Waals surface area contributed by atoms with Crippen LogP contribution in [0.3, 0.4) is 0 Å². The van der Waals surface area contributed by atoms with Crippen molar-refractivity contribution in [3.05, 3.63) is 0 Å². The average molecular weight is 358 g/mol. The first-order valence-corrected chi connectivity index (χ1v) is 9.04. The number of ether oxygens (including phenoxy) is 1. The third-order valence-corrected chi connectivity index (χ3v) is 3.69. The van der Waals surface area contributed by atoms with E-state index in [0.717, 1.165) is 19.3 Å². The van der Waals surface area contributed by atoms with E-state index in [0.29, 0.717) is 6.42 Å². The fourth-order valence-corrected chi connectivity index (χ4v) is 2.25. The lowest BCUT2D eigenvalue weighted by Gasteiger charge is -2.16. The number of unbranched alkanes of at least 4 members (excludes halogenated alkanes) is 3. The summed E-state index contributed by atoms with van der Waals surface area (Å²) in [5.74, 6) is -0.449. The molecule has 0 aromatic carbocycles. The Morgan fingerprint density at radius 3 is 2.22 bits per heavy atom. The van der Waals surface area contributed by atoms with Gasteiger partial charge in [-0.05, 0) is 6.42 Å². The largest absolute Gasteiger partial charge is 0.472 e. The SMILES string of the molecule is CCCCCCC(=O)OCC(O)COP(=O)(O)OCC(O)CO. The summed E-state index contributed by atoms with van der Waals surface area (Å²) in [5.41, 5.74) is 0. The highest BCUT2D eigenvalue weighted by atomic mass is 31.2. The van der Waals surface area contributed by atoms with Crippen LogP contribution in [0.2, 0.25) is 0 Å².